The maximum atomic E-state index is 13.0. The highest BCUT2D eigenvalue weighted by atomic mass is 35.5. The molecule has 0 radical (unpaired) electrons. The number of hydrogen-bond donors (Lipinski definition) is 2. The lowest BCUT2D eigenvalue weighted by Gasteiger charge is -2.24. The number of carbonyl (C=O) groups is 1. The van der Waals surface area contributed by atoms with E-state index in [2.05, 4.69) is 39.1 Å². The molecule has 8 heteroatoms. The molecule has 0 bridgehead atoms. The highest BCUT2D eigenvalue weighted by Crippen LogP contribution is 2.33. The zero-order valence-electron chi connectivity index (χ0n) is 15.7. The quantitative estimate of drug-likeness (QED) is 0.848. The normalized spacial score (nSPS) is 19.5. The van der Waals surface area contributed by atoms with Crippen LogP contribution in [0.5, 0.6) is 5.75 Å². The fourth-order valence-corrected chi connectivity index (χ4v) is 3.73. The van der Waals surface area contributed by atoms with Crippen LogP contribution in [0.3, 0.4) is 0 Å². The van der Waals surface area contributed by atoms with Crippen molar-refractivity contribution >= 4 is 28.5 Å². The van der Waals surface area contributed by atoms with E-state index in [1.165, 1.54) is 0 Å². The minimum Gasteiger partial charge on any atom is -0.494 e. The van der Waals surface area contributed by atoms with Gasteiger partial charge in [-0.25, -0.2) is 4.98 Å². The molecular weight excluding hydrogens is 354 g/mol. The number of halogens is 1. The van der Waals surface area contributed by atoms with Crippen molar-refractivity contribution in [3.05, 3.63) is 22.5 Å². The van der Waals surface area contributed by atoms with Crippen molar-refractivity contribution in [2.24, 2.45) is 0 Å². The number of aryl methyl sites for hydroxylation is 1. The average molecular weight is 380 g/mol. The number of rotatable bonds is 4. The Morgan fingerprint density at radius 3 is 2.92 bits per heavy atom. The number of amides is 1. The predicted molar refractivity (Wildman–Crippen MR) is 103 cm³/mol. The van der Waals surface area contributed by atoms with Gasteiger partial charge < -0.3 is 24.8 Å². The number of nitrogens with zero attached hydrogens (tertiary/aromatic N) is 3. The van der Waals surface area contributed by atoms with Gasteiger partial charge in [0.25, 0.3) is 5.91 Å². The van der Waals surface area contributed by atoms with Crippen LogP contribution in [-0.4, -0.2) is 78.6 Å². The first-order valence-corrected chi connectivity index (χ1v) is 9.25. The summed E-state index contributed by atoms with van der Waals surface area (Å²) in [5.74, 6) is 1.01. The molecule has 2 aromatic rings. The number of benzene rings is 1. The summed E-state index contributed by atoms with van der Waals surface area (Å²) in [6.45, 7) is 8.59. The lowest BCUT2D eigenvalue weighted by Crippen LogP contribution is -2.46. The van der Waals surface area contributed by atoms with Crippen LogP contribution in [0.4, 0.5) is 0 Å². The van der Waals surface area contributed by atoms with Crippen LogP contribution in [0.1, 0.15) is 23.1 Å². The average Bonchev–Trinajstić information content (AvgIpc) is 2.90. The van der Waals surface area contributed by atoms with E-state index in [1.807, 2.05) is 6.92 Å². The summed E-state index contributed by atoms with van der Waals surface area (Å²) < 4.78 is 5.51. The number of likely N-dealkylation sites (N-methyl/N-ethyl adjacent to an activating group) is 2. The van der Waals surface area contributed by atoms with Crippen LogP contribution in [0.2, 0.25) is 5.02 Å². The Kier molecular flexibility index (Phi) is 5.70. The third-order valence-corrected chi connectivity index (χ3v) is 5.12. The second-order valence-electron chi connectivity index (χ2n) is 6.81. The molecule has 1 amide bonds. The van der Waals surface area contributed by atoms with Crippen LogP contribution in [-0.2, 0) is 0 Å². The van der Waals surface area contributed by atoms with Crippen molar-refractivity contribution in [1.82, 2.24) is 25.1 Å². The summed E-state index contributed by atoms with van der Waals surface area (Å²) in [6.07, 6.45) is 0. The van der Waals surface area contributed by atoms with Gasteiger partial charge in [0.2, 0.25) is 0 Å². The number of nitrogens with one attached hydrogen (secondary N) is 2. The Labute approximate surface area is 158 Å². The molecule has 0 aliphatic carbocycles. The molecule has 0 spiro atoms. The molecule has 1 aliphatic heterocycles. The first-order chi connectivity index (χ1) is 12.4. The second kappa shape index (κ2) is 7.82. The minimum atomic E-state index is -0.186. The number of H-pyrrole nitrogens is 1. The topological polar surface area (TPSA) is 73.5 Å². The monoisotopic (exact) mass is 379 g/mol. The van der Waals surface area contributed by atoms with Crippen molar-refractivity contribution in [3.8, 4) is 5.75 Å². The number of methoxy groups -OCH3 is 1. The summed E-state index contributed by atoms with van der Waals surface area (Å²) in [6, 6.07) is 1.67. The van der Waals surface area contributed by atoms with Gasteiger partial charge in [-0.2, -0.15) is 0 Å². The fourth-order valence-electron chi connectivity index (χ4n) is 3.49. The number of hydrogen-bond acceptors (Lipinski definition) is 5. The lowest BCUT2D eigenvalue weighted by atomic mass is 10.1. The lowest BCUT2D eigenvalue weighted by molar-refractivity contribution is 0.0922. The van der Waals surface area contributed by atoms with Crippen LogP contribution in [0.15, 0.2) is 6.07 Å². The summed E-state index contributed by atoms with van der Waals surface area (Å²) in [5.41, 5.74) is 1.68. The molecule has 3 rings (SSSR count). The van der Waals surface area contributed by atoms with E-state index in [9.17, 15) is 4.79 Å². The van der Waals surface area contributed by atoms with Crippen LogP contribution >= 0.6 is 11.6 Å². The molecular formula is C18H26ClN5O2. The summed E-state index contributed by atoms with van der Waals surface area (Å²) in [5, 5.41) is 3.58. The smallest absolute Gasteiger partial charge is 0.255 e. The van der Waals surface area contributed by atoms with Gasteiger partial charge in [-0.1, -0.05) is 18.5 Å². The van der Waals surface area contributed by atoms with Gasteiger partial charge in [0.1, 0.15) is 16.9 Å². The van der Waals surface area contributed by atoms with Gasteiger partial charge >= 0.3 is 0 Å². The maximum absolute atomic E-state index is 13.0. The summed E-state index contributed by atoms with van der Waals surface area (Å²) in [4.78, 5) is 25.1. The van der Waals surface area contributed by atoms with Crippen LogP contribution in [0.25, 0.3) is 11.0 Å². The zero-order valence-corrected chi connectivity index (χ0v) is 16.5. The minimum absolute atomic E-state index is 0.0395. The molecule has 26 heavy (non-hydrogen) atoms. The number of fused-ring (bicyclic) bond motifs is 1. The molecule has 1 aromatic carbocycles. The van der Waals surface area contributed by atoms with Gasteiger partial charge in [0.05, 0.1) is 23.7 Å². The van der Waals surface area contributed by atoms with E-state index < -0.39 is 0 Å². The highest BCUT2D eigenvalue weighted by Gasteiger charge is 2.25. The molecule has 1 aliphatic rings. The molecule has 0 saturated carbocycles. The third-order valence-electron chi connectivity index (χ3n) is 4.83. The number of aromatic amines is 1. The summed E-state index contributed by atoms with van der Waals surface area (Å²) >= 11 is 6.35. The Balaban J connectivity index is 1.89. The molecule has 142 valence electrons. The van der Waals surface area contributed by atoms with Crippen molar-refractivity contribution in [3.63, 3.8) is 0 Å². The van der Waals surface area contributed by atoms with Gasteiger partial charge in [-0.15, -0.1) is 0 Å². The molecule has 1 fully saturated rings. The van der Waals surface area contributed by atoms with Crippen LogP contribution in [0, 0.1) is 6.92 Å². The molecule has 1 atom stereocenters. The van der Waals surface area contributed by atoms with Crippen LogP contribution < -0.4 is 10.1 Å². The first-order valence-electron chi connectivity index (χ1n) is 8.87. The Morgan fingerprint density at radius 1 is 1.46 bits per heavy atom. The van der Waals surface area contributed by atoms with E-state index in [4.69, 9.17) is 16.3 Å². The molecule has 1 aromatic heterocycles. The van der Waals surface area contributed by atoms with Gasteiger partial charge in [0.15, 0.2) is 5.75 Å². The Hall–Kier alpha value is -1.83. The SMILES string of the molecule is CCN1CCN(C)CC(NC(=O)c2cc(Cl)c3nc(C)[nH]c3c2OC)C1. The van der Waals surface area contributed by atoms with Crippen molar-refractivity contribution < 1.29 is 9.53 Å². The number of carbonyl (C=O) groups excluding carboxylic acids is 1. The van der Waals surface area contributed by atoms with E-state index in [1.54, 1.807) is 13.2 Å². The second-order valence-corrected chi connectivity index (χ2v) is 7.22. The first kappa shape index (κ1) is 18.9. The molecule has 1 saturated heterocycles. The van der Waals surface area contributed by atoms with Crippen molar-refractivity contribution in [2.45, 2.75) is 19.9 Å². The highest BCUT2D eigenvalue weighted by molar-refractivity contribution is 6.35. The zero-order chi connectivity index (χ0) is 18.8. The Bertz CT molecular complexity index is 806. The molecule has 1 unspecified atom stereocenters. The van der Waals surface area contributed by atoms with Crippen molar-refractivity contribution in [1.29, 1.82) is 0 Å². The van der Waals surface area contributed by atoms with Gasteiger partial charge in [-0.05, 0) is 26.6 Å². The Morgan fingerprint density at radius 2 is 2.23 bits per heavy atom. The standard InChI is InChI=1S/C18H26ClN5O2/c1-5-24-7-6-23(3)9-12(10-24)22-18(25)13-8-14(19)15-16(17(13)26-4)21-11(2)20-15/h8,12H,5-7,9-10H2,1-4H3,(H,20,21)(H,22,25). The number of aromatic nitrogens is 2. The van der Waals surface area contributed by atoms with E-state index in [0.717, 1.165) is 38.5 Å². The van der Waals surface area contributed by atoms with Gasteiger partial charge in [0, 0.05) is 26.2 Å². The third kappa shape index (κ3) is 3.79. The number of imidazole rings is 1. The molecule has 2 heterocycles. The van der Waals surface area contributed by atoms with Gasteiger partial charge in [-0.3, -0.25) is 4.79 Å². The largest absolute Gasteiger partial charge is 0.494 e. The predicted octanol–water partition coefficient (Wildman–Crippen LogP) is 1.90. The molecule has 7 nitrogen and oxygen atoms in total. The van der Waals surface area contributed by atoms with E-state index >= 15 is 0 Å². The van der Waals surface area contributed by atoms with E-state index in [-0.39, 0.29) is 11.9 Å². The summed E-state index contributed by atoms with van der Waals surface area (Å²) in [7, 11) is 3.63. The molecule has 2 N–H and O–H groups in total. The maximum Gasteiger partial charge on any atom is 0.255 e. The van der Waals surface area contributed by atoms with Crippen molar-refractivity contribution in [2.75, 3.05) is 46.9 Å². The van der Waals surface area contributed by atoms with E-state index in [0.29, 0.717) is 27.4 Å². The fraction of sp³-hybridized carbons (Fsp3) is 0.556. The number of ether oxygens (including phenoxy) is 1.